The monoisotopic (exact) mass is 262 g/mol. The first-order valence-electron chi connectivity index (χ1n) is 6.00. The van der Waals surface area contributed by atoms with E-state index < -0.39 is 10.8 Å². The van der Waals surface area contributed by atoms with Gasteiger partial charge in [0.25, 0.3) is 0 Å². The lowest BCUT2D eigenvalue weighted by Gasteiger charge is -2.25. The second kappa shape index (κ2) is 7.11. The minimum absolute atomic E-state index is 0.00182. The third kappa shape index (κ3) is 9.30. The first-order valence-corrected chi connectivity index (χ1v) is 7.72. The van der Waals surface area contributed by atoms with E-state index in [1.54, 1.807) is 6.26 Å². The number of amides is 1. The summed E-state index contributed by atoms with van der Waals surface area (Å²) < 4.78 is 11.0. The van der Waals surface area contributed by atoms with Crippen LogP contribution in [0.3, 0.4) is 0 Å². The van der Waals surface area contributed by atoms with Crippen molar-refractivity contribution in [3.05, 3.63) is 0 Å². The van der Waals surface area contributed by atoms with Crippen molar-refractivity contribution < 1.29 is 9.00 Å². The van der Waals surface area contributed by atoms with Gasteiger partial charge in [0.05, 0.1) is 6.04 Å². The lowest BCUT2D eigenvalue weighted by atomic mass is 10.1. The number of carbonyl (C=O) groups is 1. The fraction of sp³-hybridized carbons (Fsp3) is 0.917. The Morgan fingerprint density at radius 2 is 1.82 bits per heavy atom. The summed E-state index contributed by atoms with van der Waals surface area (Å²) in [6.07, 6.45) is 2.51. The summed E-state index contributed by atoms with van der Waals surface area (Å²) in [4.78, 5) is 11.8. The Balaban J connectivity index is 4.03. The number of hydrogen-bond donors (Lipinski definition) is 2. The van der Waals surface area contributed by atoms with Crippen LogP contribution in [0.25, 0.3) is 0 Å². The zero-order chi connectivity index (χ0) is 13.6. The minimum atomic E-state index is -0.768. The normalized spacial score (nSPS) is 17.3. The van der Waals surface area contributed by atoms with Crippen LogP contribution in [0.15, 0.2) is 0 Å². The Morgan fingerprint density at radius 1 is 1.29 bits per heavy atom. The second-order valence-corrected chi connectivity index (χ2v) is 7.15. The van der Waals surface area contributed by atoms with Gasteiger partial charge in [-0.3, -0.25) is 9.00 Å². The van der Waals surface area contributed by atoms with Gasteiger partial charge in [-0.2, -0.15) is 0 Å². The standard InChI is InChI=1S/C12H26N2O2S/c1-9(7-8-17(6)16)13-10(2)11(15)14-12(3,4)5/h9-10,13H,7-8H2,1-6H3,(H,14,15). The summed E-state index contributed by atoms with van der Waals surface area (Å²) in [6, 6.07) is -0.0332. The third-order valence-electron chi connectivity index (χ3n) is 2.26. The van der Waals surface area contributed by atoms with Crippen molar-refractivity contribution in [2.45, 2.75) is 58.7 Å². The van der Waals surface area contributed by atoms with Crippen molar-refractivity contribution in [3.63, 3.8) is 0 Å². The van der Waals surface area contributed by atoms with Crippen molar-refractivity contribution in [3.8, 4) is 0 Å². The second-order valence-electron chi connectivity index (χ2n) is 5.59. The van der Waals surface area contributed by atoms with Gasteiger partial charge >= 0.3 is 0 Å². The van der Waals surface area contributed by atoms with Crippen LogP contribution in [-0.2, 0) is 15.6 Å². The molecule has 0 rings (SSSR count). The fourth-order valence-corrected chi connectivity index (χ4v) is 2.09. The van der Waals surface area contributed by atoms with Crippen molar-refractivity contribution in [1.82, 2.24) is 10.6 Å². The summed E-state index contributed by atoms with van der Waals surface area (Å²) in [5, 5.41) is 6.14. The molecule has 0 spiro atoms. The molecule has 0 saturated carbocycles. The zero-order valence-corrected chi connectivity index (χ0v) is 12.6. The van der Waals surface area contributed by atoms with Gasteiger partial charge < -0.3 is 10.6 Å². The maximum absolute atomic E-state index is 11.8. The van der Waals surface area contributed by atoms with Crippen LogP contribution < -0.4 is 10.6 Å². The average molecular weight is 262 g/mol. The van der Waals surface area contributed by atoms with E-state index in [0.717, 1.165) is 6.42 Å². The van der Waals surface area contributed by atoms with E-state index in [-0.39, 0.29) is 23.5 Å². The molecule has 3 unspecified atom stereocenters. The summed E-state index contributed by atoms with van der Waals surface area (Å²) in [7, 11) is -0.768. The van der Waals surface area contributed by atoms with Gasteiger partial charge in [0, 0.05) is 34.4 Å². The van der Waals surface area contributed by atoms with Crippen LogP contribution in [0.2, 0.25) is 0 Å². The van der Waals surface area contributed by atoms with Crippen LogP contribution in [0.1, 0.15) is 41.0 Å². The van der Waals surface area contributed by atoms with Crippen LogP contribution in [-0.4, -0.2) is 39.7 Å². The van der Waals surface area contributed by atoms with Crippen molar-refractivity contribution in [2.75, 3.05) is 12.0 Å². The summed E-state index contributed by atoms with van der Waals surface area (Å²) in [5.41, 5.74) is -0.207. The number of carbonyl (C=O) groups excluding carboxylic acids is 1. The molecule has 4 nitrogen and oxygen atoms in total. The summed E-state index contributed by atoms with van der Waals surface area (Å²) in [5.74, 6) is 0.670. The first kappa shape index (κ1) is 16.6. The molecule has 0 radical (unpaired) electrons. The van der Waals surface area contributed by atoms with Gasteiger partial charge in [-0.15, -0.1) is 0 Å². The molecular weight excluding hydrogens is 236 g/mol. The molecule has 1 amide bonds. The molecule has 0 heterocycles. The van der Waals surface area contributed by atoms with E-state index in [2.05, 4.69) is 10.6 Å². The molecule has 0 aliphatic rings. The fourth-order valence-electron chi connectivity index (χ4n) is 1.41. The Hall–Kier alpha value is -0.420. The lowest BCUT2D eigenvalue weighted by Crippen LogP contribution is -2.51. The van der Waals surface area contributed by atoms with Gasteiger partial charge in [-0.05, 0) is 41.0 Å². The largest absolute Gasteiger partial charge is 0.350 e. The maximum Gasteiger partial charge on any atom is 0.237 e. The van der Waals surface area contributed by atoms with Crippen LogP contribution >= 0.6 is 0 Å². The van der Waals surface area contributed by atoms with Crippen molar-refractivity contribution >= 4 is 16.7 Å². The molecule has 5 heteroatoms. The first-order chi connectivity index (χ1) is 7.61. The molecule has 0 aromatic carbocycles. The predicted octanol–water partition coefficient (Wildman–Crippen LogP) is 1.04. The predicted molar refractivity (Wildman–Crippen MR) is 73.5 cm³/mol. The molecule has 2 N–H and O–H groups in total. The smallest absolute Gasteiger partial charge is 0.237 e. The van der Waals surface area contributed by atoms with Gasteiger partial charge in [-0.25, -0.2) is 0 Å². The average Bonchev–Trinajstić information content (AvgIpc) is 2.11. The summed E-state index contributed by atoms with van der Waals surface area (Å²) in [6.45, 7) is 9.73. The SMILES string of the molecule is CC(CCS(C)=O)NC(C)C(=O)NC(C)(C)C. The Labute approximate surface area is 107 Å². The Kier molecular flexibility index (Phi) is 6.94. The minimum Gasteiger partial charge on any atom is -0.350 e. The van der Waals surface area contributed by atoms with E-state index in [9.17, 15) is 9.00 Å². The Bertz CT molecular complexity index is 274. The van der Waals surface area contributed by atoms with E-state index in [1.807, 2.05) is 34.6 Å². The number of rotatable bonds is 6. The molecule has 102 valence electrons. The van der Waals surface area contributed by atoms with E-state index in [4.69, 9.17) is 0 Å². The molecule has 3 atom stereocenters. The van der Waals surface area contributed by atoms with Crippen LogP contribution in [0.5, 0.6) is 0 Å². The van der Waals surface area contributed by atoms with E-state index >= 15 is 0 Å². The summed E-state index contributed by atoms with van der Waals surface area (Å²) >= 11 is 0. The highest BCUT2D eigenvalue weighted by Crippen LogP contribution is 2.01. The molecule has 0 bridgehead atoms. The Morgan fingerprint density at radius 3 is 2.24 bits per heavy atom. The third-order valence-corrected chi connectivity index (χ3v) is 3.07. The van der Waals surface area contributed by atoms with Crippen molar-refractivity contribution in [2.24, 2.45) is 0 Å². The van der Waals surface area contributed by atoms with Crippen LogP contribution in [0.4, 0.5) is 0 Å². The lowest BCUT2D eigenvalue weighted by molar-refractivity contribution is -0.124. The maximum atomic E-state index is 11.8. The molecule has 0 fully saturated rings. The van der Waals surface area contributed by atoms with Gasteiger partial charge in [0.1, 0.15) is 0 Å². The highest BCUT2D eigenvalue weighted by atomic mass is 32.2. The van der Waals surface area contributed by atoms with Gasteiger partial charge in [0.15, 0.2) is 0 Å². The number of hydrogen-bond acceptors (Lipinski definition) is 3. The highest BCUT2D eigenvalue weighted by Gasteiger charge is 2.20. The number of nitrogens with one attached hydrogen (secondary N) is 2. The highest BCUT2D eigenvalue weighted by molar-refractivity contribution is 7.84. The van der Waals surface area contributed by atoms with Crippen LogP contribution in [0, 0.1) is 0 Å². The van der Waals surface area contributed by atoms with E-state index in [1.165, 1.54) is 0 Å². The molecule has 0 aromatic rings. The topological polar surface area (TPSA) is 58.2 Å². The quantitative estimate of drug-likeness (QED) is 0.752. The molecule has 0 aromatic heterocycles. The molecule has 0 aliphatic carbocycles. The molecular formula is C12H26N2O2S. The van der Waals surface area contributed by atoms with Gasteiger partial charge in [-0.1, -0.05) is 0 Å². The van der Waals surface area contributed by atoms with Crippen molar-refractivity contribution in [1.29, 1.82) is 0 Å². The zero-order valence-electron chi connectivity index (χ0n) is 11.8. The molecule has 0 saturated heterocycles. The van der Waals surface area contributed by atoms with E-state index in [0.29, 0.717) is 5.75 Å². The molecule has 17 heavy (non-hydrogen) atoms. The van der Waals surface area contributed by atoms with Gasteiger partial charge in [0.2, 0.25) is 5.91 Å². The molecule has 0 aliphatic heterocycles.